The van der Waals surface area contributed by atoms with Crippen molar-refractivity contribution in [1.29, 1.82) is 0 Å². The molecule has 3 aliphatic carbocycles. The number of thioether (sulfide) groups is 2. The highest BCUT2D eigenvalue weighted by Gasteiger charge is 2.55. The summed E-state index contributed by atoms with van der Waals surface area (Å²) < 4.78 is 56.7. The van der Waals surface area contributed by atoms with Crippen LogP contribution in [0.1, 0.15) is 83.4 Å². The van der Waals surface area contributed by atoms with E-state index in [4.69, 9.17) is 5.73 Å². The zero-order valence-electron chi connectivity index (χ0n) is 31.8. The molecule has 3 atom stereocenters. The first-order valence-corrected chi connectivity index (χ1v) is 23.1. The lowest BCUT2D eigenvalue weighted by molar-refractivity contribution is -0.141. The van der Waals surface area contributed by atoms with Crippen LogP contribution in [0.5, 0.6) is 0 Å². The summed E-state index contributed by atoms with van der Waals surface area (Å²) in [7, 11) is 2.07. The van der Waals surface area contributed by atoms with Crippen molar-refractivity contribution in [2.45, 2.75) is 80.0 Å². The lowest BCUT2D eigenvalue weighted by atomic mass is 9.91. The predicted molar refractivity (Wildman–Crippen MR) is 223 cm³/mol. The molecule has 2 amide bonds. The van der Waals surface area contributed by atoms with Gasteiger partial charge in [-0.25, -0.2) is 27.6 Å². The van der Waals surface area contributed by atoms with Crippen molar-refractivity contribution in [1.82, 2.24) is 14.9 Å². The lowest BCUT2D eigenvalue weighted by Gasteiger charge is -2.40. The van der Waals surface area contributed by atoms with Crippen molar-refractivity contribution >= 4 is 68.1 Å². The molecule has 5 heterocycles. The summed E-state index contributed by atoms with van der Waals surface area (Å²) in [4.78, 5) is 30.0. The van der Waals surface area contributed by atoms with Gasteiger partial charge in [0.15, 0.2) is 9.74 Å². The maximum Gasteiger partial charge on any atom is 0.261 e. The Morgan fingerprint density at radius 2 is 1.24 bits per heavy atom. The molecule has 2 fully saturated rings. The SMILES string of the molecule is CN1CCC(C(=O)N2N=C(c3cc(F)ccc3F)SC23CCCc2ccsc23)CC1.N[C@H](C(=O)N1N=C(c2cc(F)ccc2F)SC12CCCc1ccsc12)C1CC1. The number of piperidine rings is 1. The average Bonchev–Trinajstić information content (AvgIpc) is 3.54. The van der Waals surface area contributed by atoms with Gasteiger partial charge >= 0.3 is 0 Å². The predicted octanol–water partition coefficient (Wildman–Crippen LogP) is 8.98. The molecule has 10 rings (SSSR count). The Kier molecular flexibility index (Phi) is 10.9. The molecular weight excluding hydrogens is 825 g/mol. The molecule has 2 aromatic carbocycles. The molecule has 8 nitrogen and oxygen atoms in total. The van der Waals surface area contributed by atoms with E-state index in [1.165, 1.54) is 45.7 Å². The molecule has 1 saturated carbocycles. The molecule has 3 aliphatic heterocycles. The summed E-state index contributed by atoms with van der Waals surface area (Å²) in [6.45, 7) is 1.76. The number of carbonyl (C=O) groups excluding carboxylic acids is 2. The van der Waals surface area contributed by atoms with Gasteiger partial charge in [-0.3, -0.25) is 9.59 Å². The molecule has 58 heavy (non-hydrogen) atoms. The fraction of sp³-hybridized carbons (Fsp3) is 0.429. The Bertz CT molecular complexity index is 2320. The zero-order chi connectivity index (χ0) is 40.3. The first-order valence-electron chi connectivity index (χ1n) is 19.7. The summed E-state index contributed by atoms with van der Waals surface area (Å²) in [6, 6.07) is 10.3. The van der Waals surface area contributed by atoms with E-state index in [-0.39, 0.29) is 34.8 Å². The number of carbonyl (C=O) groups is 2. The molecule has 6 aliphatic rings. The number of thiophene rings is 2. The lowest BCUT2D eigenvalue weighted by Crippen LogP contribution is -2.50. The topological polar surface area (TPSA) is 94.6 Å². The number of benzene rings is 2. The Morgan fingerprint density at radius 3 is 1.76 bits per heavy atom. The zero-order valence-corrected chi connectivity index (χ0v) is 35.0. The number of amides is 2. The molecule has 2 unspecified atom stereocenters. The summed E-state index contributed by atoms with van der Waals surface area (Å²) in [5, 5.41) is 17.1. The van der Waals surface area contributed by atoms with Crippen LogP contribution in [0.25, 0.3) is 0 Å². The van der Waals surface area contributed by atoms with E-state index < -0.39 is 39.1 Å². The fourth-order valence-corrected chi connectivity index (χ4v) is 14.1. The normalized spacial score (nSPS) is 24.9. The van der Waals surface area contributed by atoms with Gasteiger partial charge in [-0.2, -0.15) is 10.2 Å². The number of hydrazone groups is 2. The third kappa shape index (κ3) is 7.14. The van der Waals surface area contributed by atoms with Crippen LogP contribution < -0.4 is 5.73 Å². The second-order valence-corrected chi connectivity index (χ2v) is 20.2. The van der Waals surface area contributed by atoms with Crippen LogP contribution in [0.4, 0.5) is 17.6 Å². The summed E-state index contributed by atoms with van der Waals surface area (Å²) >= 11 is 5.97. The van der Waals surface area contributed by atoms with Gasteiger partial charge in [-0.1, -0.05) is 23.5 Å². The van der Waals surface area contributed by atoms with Gasteiger partial charge < -0.3 is 10.6 Å². The van der Waals surface area contributed by atoms with E-state index in [0.29, 0.717) is 16.5 Å². The van der Waals surface area contributed by atoms with Crippen LogP contribution in [-0.4, -0.2) is 63.0 Å². The first kappa shape index (κ1) is 39.9. The van der Waals surface area contributed by atoms with Gasteiger partial charge in [0, 0.05) is 26.8 Å². The molecule has 304 valence electrons. The summed E-state index contributed by atoms with van der Waals surface area (Å²) in [6.07, 6.45) is 8.69. The molecule has 4 aromatic rings. The number of nitrogens with zero attached hydrogens (tertiary/aromatic N) is 5. The van der Waals surface area contributed by atoms with Gasteiger partial charge in [-0.05, 0) is 161 Å². The third-order valence-corrected chi connectivity index (χ3v) is 17.2. The van der Waals surface area contributed by atoms with Gasteiger partial charge in [-0.15, -0.1) is 22.7 Å². The second kappa shape index (κ2) is 15.8. The van der Waals surface area contributed by atoms with Crippen LogP contribution in [0.2, 0.25) is 0 Å². The average molecular weight is 867 g/mol. The van der Waals surface area contributed by atoms with Crippen molar-refractivity contribution in [3.05, 3.63) is 115 Å². The van der Waals surface area contributed by atoms with Crippen molar-refractivity contribution < 1.29 is 27.2 Å². The summed E-state index contributed by atoms with van der Waals surface area (Å²) in [5.41, 5.74) is 8.86. The van der Waals surface area contributed by atoms with E-state index in [1.807, 2.05) is 5.38 Å². The molecule has 2 spiro atoms. The highest BCUT2D eigenvalue weighted by molar-refractivity contribution is 8.15. The van der Waals surface area contributed by atoms with E-state index in [2.05, 4.69) is 39.7 Å². The van der Waals surface area contributed by atoms with Crippen molar-refractivity contribution in [3.63, 3.8) is 0 Å². The number of likely N-dealkylation sites (tertiary alicyclic amines) is 1. The third-order valence-electron chi connectivity index (χ3n) is 11.9. The minimum Gasteiger partial charge on any atom is -0.320 e. The van der Waals surface area contributed by atoms with E-state index in [1.54, 1.807) is 27.7 Å². The number of nitrogens with two attached hydrogens (primary N) is 1. The molecule has 2 aromatic heterocycles. The van der Waals surface area contributed by atoms with Crippen LogP contribution in [0, 0.1) is 35.1 Å². The highest BCUT2D eigenvalue weighted by Crippen LogP contribution is 2.57. The molecule has 16 heteroatoms. The molecule has 0 bridgehead atoms. The maximum absolute atomic E-state index is 14.6. The molecule has 0 radical (unpaired) electrons. The number of hydrogen-bond donors (Lipinski definition) is 1. The first-order chi connectivity index (χ1) is 28.0. The Morgan fingerprint density at radius 1 is 0.741 bits per heavy atom. The number of fused-ring (bicyclic) bond motifs is 4. The number of hydrogen-bond acceptors (Lipinski definition) is 10. The molecule has 1 saturated heterocycles. The van der Waals surface area contributed by atoms with Crippen molar-refractivity contribution in [2.24, 2.45) is 27.8 Å². The Balaban J connectivity index is 0.000000151. The number of halogens is 4. The summed E-state index contributed by atoms with van der Waals surface area (Å²) in [5.74, 6) is -2.25. The van der Waals surface area contributed by atoms with E-state index in [9.17, 15) is 27.2 Å². The molecule has 2 N–H and O–H groups in total. The van der Waals surface area contributed by atoms with Gasteiger partial charge in [0.1, 0.15) is 33.4 Å². The van der Waals surface area contributed by atoms with E-state index >= 15 is 0 Å². The van der Waals surface area contributed by atoms with Crippen molar-refractivity contribution in [3.8, 4) is 0 Å². The maximum atomic E-state index is 14.6. The number of rotatable bonds is 5. The van der Waals surface area contributed by atoms with Crippen LogP contribution in [0.3, 0.4) is 0 Å². The second-order valence-electron chi connectivity index (χ2n) is 15.8. The van der Waals surface area contributed by atoms with Gasteiger partial charge in [0.05, 0.1) is 6.04 Å². The number of aryl methyl sites for hydroxylation is 2. The van der Waals surface area contributed by atoms with Crippen molar-refractivity contribution in [2.75, 3.05) is 20.1 Å². The van der Waals surface area contributed by atoms with Gasteiger partial charge in [0.2, 0.25) is 5.91 Å². The Labute approximate surface area is 350 Å². The van der Waals surface area contributed by atoms with Crippen LogP contribution >= 0.6 is 46.2 Å². The largest absolute Gasteiger partial charge is 0.320 e. The van der Waals surface area contributed by atoms with E-state index in [0.717, 1.165) is 111 Å². The van der Waals surface area contributed by atoms with Crippen LogP contribution in [0.15, 0.2) is 69.5 Å². The quantitative estimate of drug-likeness (QED) is 0.202. The Hall–Kier alpha value is -3.54. The minimum absolute atomic E-state index is 0.00339. The monoisotopic (exact) mass is 866 g/mol. The van der Waals surface area contributed by atoms with Crippen LogP contribution in [-0.2, 0) is 32.2 Å². The minimum atomic E-state index is -0.723. The van der Waals surface area contributed by atoms with Gasteiger partial charge in [0.25, 0.3) is 5.91 Å². The fourth-order valence-electron chi connectivity index (χ4n) is 8.63. The smallest absolute Gasteiger partial charge is 0.261 e. The highest BCUT2D eigenvalue weighted by atomic mass is 32.2. The standard InChI is InChI=1S/C22H23F2N3OS2.C20H19F2N3OS2/c1-26-10-6-15(7-11-26)21(28)27-22(9-2-3-14-8-12-29-19(14)22)30-20(25-27)17-13-16(23)4-5-18(17)24;21-13-5-6-15(22)14(10-13)18-24-25(19(26)16(23)11-3-4-11)20(28-18)8-1-2-12-7-9-27-17(12)20/h4-5,8,12-13,15H,2-3,6-7,9-11H2,1H3;5-7,9-11,16H,1-4,8,23H2/t;16-,20?/m.0/s1. The molecular formula is C42H42F4N6O2S4.